The van der Waals surface area contributed by atoms with Crippen molar-refractivity contribution in [3.63, 3.8) is 0 Å². The Morgan fingerprint density at radius 3 is 2.50 bits per heavy atom. The van der Waals surface area contributed by atoms with Gasteiger partial charge in [0.25, 0.3) is 0 Å². The molecule has 0 aliphatic carbocycles. The van der Waals surface area contributed by atoms with Gasteiger partial charge in [-0.15, -0.1) is 0 Å². The van der Waals surface area contributed by atoms with Gasteiger partial charge in [0.1, 0.15) is 12.1 Å². The molecule has 1 saturated heterocycles. The number of carbonyl (C=O) groups excluding carboxylic acids is 2. The lowest BCUT2D eigenvalue weighted by Crippen LogP contribution is -2.51. The van der Waals surface area contributed by atoms with E-state index in [4.69, 9.17) is 0 Å². The summed E-state index contributed by atoms with van der Waals surface area (Å²) in [5.41, 5.74) is 1.23. The minimum absolute atomic E-state index is 0.000599. The summed E-state index contributed by atoms with van der Waals surface area (Å²) in [7, 11) is -3.90. The highest BCUT2D eigenvalue weighted by molar-refractivity contribution is 7.89. The Kier molecular flexibility index (Phi) is 10.9. The summed E-state index contributed by atoms with van der Waals surface area (Å²) in [6.45, 7) is 2.66. The molecule has 13 heteroatoms. The molecule has 2 aliphatic rings. The fraction of sp³-hybridized carbons (Fsp3) is 0.448. The number of aliphatic imine (C=N–C) groups is 1. The van der Waals surface area contributed by atoms with Gasteiger partial charge in [-0.05, 0) is 61.9 Å². The average molecular weight is 599 g/mol. The molecule has 0 radical (unpaired) electrons. The highest BCUT2D eigenvalue weighted by Crippen LogP contribution is 2.26. The quantitative estimate of drug-likeness (QED) is 0.217. The van der Waals surface area contributed by atoms with E-state index in [1.54, 1.807) is 42.5 Å². The number of nitrogens with one attached hydrogen (secondary N) is 4. The van der Waals surface area contributed by atoms with Crippen LogP contribution >= 0.6 is 0 Å². The van der Waals surface area contributed by atoms with Crippen LogP contribution in [0.25, 0.3) is 0 Å². The smallest absolute Gasteiger partial charge is 0.326 e. The number of carboxylic acid groups (broad SMARTS) is 1. The van der Waals surface area contributed by atoms with Gasteiger partial charge in [-0.3, -0.25) is 14.6 Å². The van der Waals surface area contributed by atoms with E-state index < -0.39 is 34.0 Å². The summed E-state index contributed by atoms with van der Waals surface area (Å²) >= 11 is 0. The summed E-state index contributed by atoms with van der Waals surface area (Å²) in [5.74, 6) is -1.16. The van der Waals surface area contributed by atoms with Crippen LogP contribution in [0.4, 0.5) is 5.69 Å². The van der Waals surface area contributed by atoms with Crippen molar-refractivity contribution in [3.05, 3.63) is 60.2 Å². The largest absolute Gasteiger partial charge is 0.480 e. The molecular weight excluding hydrogens is 560 g/mol. The van der Waals surface area contributed by atoms with Crippen LogP contribution in [0.1, 0.15) is 44.1 Å². The number of guanidine groups is 1. The van der Waals surface area contributed by atoms with Crippen molar-refractivity contribution in [3.8, 4) is 0 Å². The van der Waals surface area contributed by atoms with E-state index in [2.05, 4.69) is 26.3 Å². The molecule has 2 heterocycles. The molecule has 2 aliphatic heterocycles. The van der Waals surface area contributed by atoms with Crippen LogP contribution in [0.2, 0.25) is 0 Å². The molecule has 4 rings (SSSR count). The molecule has 0 bridgehead atoms. The summed E-state index contributed by atoms with van der Waals surface area (Å²) < 4.78 is 27.4. The highest BCUT2D eigenvalue weighted by atomic mass is 32.2. The Balaban J connectivity index is 1.25. The Morgan fingerprint density at radius 2 is 1.81 bits per heavy atom. The molecule has 226 valence electrons. The van der Waals surface area contributed by atoms with E-state index >= 15 is 0 Å². The zero-order valence-corrected chi connectivity index (χ0v) is 24.2. The summed E-state index contributed by atoms with van der Waals surface area (Å²) in [6, 6.07) is 12.4. The van der Waals surface area contributed by atoms with Crippen molar-refractivity contribution in [2.75, 3.05) is 31.5 Å². The fourth-order valence-corrected chi connectivity index (χ4v) is 6.61. The van der Waals surface area contributed by atoms with Crippen molar-refractivity contribution in [1.82, 2.24) is 20.3 Å². The summed E-state index contributed by atoms with van der Waals surface area (Å²) in [6.07, 6.45) is 3.75. The first-order valence-corrected chi connectivity index (χ1v) is 15.7. The molecule has 0 aromatic heterocycles. The van der Waals surface area contributed by atoms with Crippen molar-refractivity contribution in [2.24, 2.45) is 4.99 Å². The zero-order valence-electron chi connectivity index (χ0n) is 23.4. The molecule has 0 saturated carbocycles. The third-order valence-corrected chi connectivity index (χ3v) is 9.09. The average Bonchev–Trinajstić information content (AvgIpc) is 3.50. The first-order chi connectivity index (χ1) is 20.2. The number of hydrogen-bond donors (Lipinski definition) is 5. The summed E-state index contributed by atoms with van der Waals surface area (Å²) in [4.78, 5) is 41.8. The van der Waals surface area contributed by atoms with Crippen LogP contribution in [-0.4, -0.2) is 79.8 Å². The predicted octanol–water partition coefficient (Wildman–Crippen LogP) is 1.70. The lowest BCUT2D eigenvalue weighted by Gasteiger charge is -2.25. The maximum Gasteiger partial charge on any atom is 0.326 e. The Bertz CT molecular complexity index is 1370. The van der Waals surface area contributed by atoms with E-state index in [1.807, 2.05) is 0 Å². The van der Waals surface area contributed by atoms with E-state index in [0.29, 0.717) is 30.5 Å². The van der Waals surface area contributed by atoms with Crippen LogP contribution in [-0.2, 0) is 30.8 Å². The SMILES string of the molecule is O=C(CCCCNC1=NCCCN1)Nc1ccc(C[C@H](NC(=O)[C@@H]2CCCN2S(=O)(=O)c2ccccc2)C(=O)O)cc1. The van der Waals surface area contributed by atoms with Crippen LogP contribution in [0, 0.1) is 0 Å². The number of unbranched alkanes of at least 4 members (excludes halogenated alkanes) is 1. The standard InChI is InChI=1S/C29H38N6O6S/c36-26(11-4-5-16-30-29-31-17-7-18-32-29)33-22-14-12-21(13-15-22)20-24(28(38)39)34-27(37)25-10-6-19-35(25)42(40,41)23-8-2-1-3-9-23/h1-3,8-9,12-15,24-25H,4-7,10-11,16-20H2,(H,33,36)(H,34,37)(H,38,39)(H2,30,31,32)/t24-,25-/m0/s1. The van der Waals surface area contributed by atoms with Gasteiger partial charge >= 0.3 is 5.97 Å². The van der Waals surface area contributed by atoms with Crippen molar-refractivity contribution < 1.29 is 27.9 Å². The number of hydrogen-bond acceptors (Lipinski definition) is 8. The number of aliphatic carboxylic acids is 1. The molecule has 42 heavy (non-hydrogen) atoms. The Labute approximate surface area is 246 Å². The van der Waals surface area contributed by atoms with Gasteiger partial charge < -0.3 is 26.4 Å². The van der Waals surface area contributed by atoms with Gasteiger partial charge in [-0.25, -0.2) is 13.2 Å². The first kappa shape index (κ1) is 31.0. The van der Waals surface area contributed by atoms with E-state index in [9.17, 15) is 27.9 Å². The second-order valence-electron chi connectivity index (χ2n) is 10.3. The minimum atomic E-state index is -3.90. The van der Waals surface area contributed by atoms with Crippen molar-refractivity contribution in [1.29, 1.82) is 0 Å². The topological polar surface area (TPSA) is 169 Å². The lowest BCUT2D eigenvalue weighted by molar-refractivity contribution is -0.142. The van der Waals surface area contributed by atoms with Gasteiger partial charge in [-0.2, -0.15) is 4.31 Å². The number of anilines is 1. The second-order valence-corrected chi connectivity index (χ2v) is 12.2. The molecular formula is C29H38N6O6S. The molecule has 12 nitrogen and oxygen atoms in total. The van der Waals surface area contributed by atoms with Gasteiger partial charge in [-0.1, -0.05) is 30.3 Å². The number of rotatable bonds is 13. The Hall–Kier alpha value is -3.97. The van der Waals surface area contributed by atoms with Crippen LogP contribution in [0.15, 0.2) is 64.5 Å². The Morgan fingerprint density at radius 1 is 1.05 bits per heavy atom. The number of benzene rings is 2. The monoisotopic (exact) mass is 598 g/mol. The molecule has 2 aromatic carbocycles. The van der Waals surface area contributed by atoms with E-state index in [0.717, 1.165) is 49.2 Å². The van der Waals surface area contributed by atoms with Crippen LogP contribution in [0.3, 0.4) is 0 Å². The fourth-order valence-electron chi connectivity index (χ4n) is 4.94. The van der Waals surface area contributed by atoms with Gasteiger partial charge in [0.2, 0.25) is 21.8 Å². The molecule has 0 unspecified atom stereocenters. The number of carbonyl (C=O) groups is 3. The number of sulfonamides is 1. The summed E-state index contributed by atoms with van der Waals surface area (Å²) in [5, 5.41) is 21.6. The molecule has 2 atom stereocenters. The normalized spacial score (nSPS) is 17.9. The van der Waals surface area contributed by atoms with Gasteiger partial charge in [0, 0.05) is 44.7 Å². The molecule has 2 amide bonds. The van der Waals surface area contributed by atoms with Crippen LogP contribution < -0.4 is 21.3 Å². The number of nitrogens with zero attached hydrogens (tertiary/aromatic N) is 2. The molecule has 0 spiro atoms. The minimum Gasteiger partial charge on any atom is -0.480 e. The van der Waals surface area contributed by atoms with E-state index in [1.165, 1.54) is 12.1 Å². The zero-order chi connectivity index (χ0) is 30.0. The number of carboxylic acids is 1. The maximum atomic E-state index is 13.1. The highest BCUT2D eigenvalue weighted by Gasteiger charge is 2.40. The lowest BCUT2D eigenvalue weighted by atomic mass is 10.0. The first-order valence-electron chi connectivity index (χ1n) is 14.2. The second kappa shape index (κ2) is 14.8. The maximum absolute atomic E-state index is 13.1. The van der Waals surface area contributed by atoms with Crippen molar-refractivity contribution in [2.45, 2.75) is 61.9 Å². The van der Waals surface area contributed by atoms with Crippen LogP contribution in [0.5, 0.6) is 0 Å². The third kappa shape index (κ3) is 8.52. The van der Waals surface area contributed by atoms with Gasteiger partial charge in [0.05, 0.1) is 4.90 Å². The molecule has 5 N–H and O–H groups in total. The van der Waals surface area contributed by atoms with Crippen molar-refractivity contribution >= 4 is 39.5 Å². The van der Waals surface area contributed by atoms with E-state index in [-0.39, 0.29) is 23.8 Å². The number of amides is 2. The molecule has 1 fully saturated rings. The predicted molar refractivity (Wildman–Crippen MR) is 158 cm³/mol. The van der Waals surface area contributed by atoms with Gasteiger partial charge in [0.15, 0.2) is 5.96 Å². The third-order valence-electron chi connectivity index (χ3n) is 7.17. The molecule has 2 aromatic rings.